The van der Waals surface area contributed by atoms with Gasteiger partial charge in [0.15, 0.2) is 9.84 Å². The van der Waals surface area contributed by atoms with Gasteiger partial charge in [-0.3, -0.25) is 14.6 Å². The second-order valence-electron chi connectivity index (χ2n) is 5.64. The fourth-order valence-electron chi connectivity index (χ4n) is 2.29. The van der Waals surface area contributed by atoms with Gasteiger partial charge in [-0.05, 0) is 24.3 Å². The number of carbonyl (C=O) groups excluding carboxylic acids is 2. The molecule has 2 N–H and O–H groups in total. The predicted molar refractivity (Wildman–Crippen MR) is 98.0 cm³/mol. The van der Waals surface area contributed by atoms with Gasteiger partial charge >= 0.3 is 0 Å². The molecule has 1 aromatic carbocycles. The third-order valence-electron chi connectivity index (χ3n) is 3.51. The first-order valence-corrected chi connectivity index (χ1v) is 9.84. The van der Waals surface area contributed by atoms with Crippen LogP contribution >= 0.6 is 0 Å². The van der Waals surface area contributed by atoms with Crippen molar-refractivity contribution in [3.05, 3.63) is 66.0 Å². The Morgan fingerprint density at radius 3 is 2.44 bits per heavy atom. The van der Waals surface area contributed by atoms with Crippen molar-refractivity contribution >= 4 is 21.7 Å². The van der Waals surface area contributed by atoms with E-state index in [0.717, 1.165) is 0 Å². The summed E-state index contributed by atoms with van der Waals surface area (Å²) < 4.78 is 24.9. The molecule has 0 saturated carbocycles. The highest BCUT2D eigenvalue weighted by atomic mass is 32.2. The summed E-state index contributed by atoms with van der Waals surface area (Å²) in [7, 11) is -3.75. The van der Waals surface area contributed by atoms with Crippen LogP contribution in [0, 0.1) is 11.3 Å². The van der Waals surface area contributed by atoms with Crippen LogP contribution in [0.1, 0.15) is 16.1 Å². The maximum absolute atomic E-state index is 12.5. The number of rotatable bonds is 8. The lowest BCUT2D eigenvalue weighted by Crippen LogP contribution is -2.50. The van der Waals surface area contributed by atoms with Crippen LogP contribution in [0.3, 0.4) is 0 Å². The second-order valence-corrected chi connectivity index (χ2v) is 7.75. The summed E-state index contributed by atoms with van der Waals surface area (Å²) in [6.07, 6.45) is 1.47. The first-order chi connectivity index (χ1) is 12.9. The molecular formula is C18H18N4O4S. The van der Waals surface area contributed by atoms with Gasteiger partial charge in [-0.25, -0.2) is 8.42 Å². The third kappa shape index (κ3) is 6.52. The number of benzene rings is 1. The van der Waals surface area contributed by atoms with Gasteiger partial charge in [0.25, 0.3) is 5.91 Å². The molecule has 0 aliphatic rings. The van der Waals surface area contributed by atoms with Crippen molar-refractivity contribution in [3.63, 3.8) is 0 Å². The Morgan fingerprint density at radius 1 is 1.11 bits per heavy atom. The van der Waals surface area contributed by atoms with Crippen LogP contribution < -0.4 is 10.6 Å². The normalized spacial score (nSPS) is 11.8. The molecule has 1 heterocycles. The Labute approximate surface area is 157 Å². The molecule has 1 aromatic heterocycles. The first-order valence-electron chi connectivity index (χ1n) is 8.02. The van der Waals surface area contributed by atoms with Crippen molar-refractivity contribution in [3.8, 4) is 6.07 Å². The minimum absolute atomic E-state index is 0.290. The van der Waals surface area contributed by atoms with Gasteiger partial charge in [-0.2, -0.15) is 5.26 Å². The zero-order chi connectivity index (χ0) is 19.7. The Hall–Kier alpha value is -3.25. The number of hydrogen-bond donors (Lipinski definition) is 2. The third-order valence-corrected chi connectivity index (χ3v) is 5.09. The molecule has 2 amide bonds. The van der Waals surface area contributed by atoms with Crippen LogP contribution in [0.25, 0.3) is 0 Å². The van der Waals surface area contributed by atoms with E-state index in [1.54, 1.807) is 54.6 Å². The molecule has 2 aromatic rings. The summed E-state index contributed by atoms with van der Waals surface area (Å²) in [5.41, 5.74) is 0.626. The number of nitrogens with zero attached hydrogens (tertiary/aromatic N) is 2. The SMILES string of the molecule is N#CCNC(=O)C(CS(=O)(=O)Cc1ccccn1)NC(=O)c1ccccc1. The van der Waals surface area contributed by atoms with Gasteiger partial charge in [0.05, 0.1) is 23.3 Å². The van der Waals surface area contributed by atoms with Crippen LogP contribution in [0.15, 0.2) is 54.7 Å². The van der Waals surface area contributed by atoms with Crippen molar-refractivity contribution in [2.24, 2.45) is 0 Å². The van der Waals surface area contributed by atoms with Gasteiger partial charge in [0.1, 0.15) is 12.6 Å². The number of pyridine rings is 1. The summed E-state index contributed by atoms with van der Waals surface area (Å²) in [5, 5.41) is 13.3. The Bertz CT molecular complexity index is 925. The summed E-state index contributed by atoms with van der Waals surface area (Å²) in [4.78, 5) is 28.5. The maximum Gasteiger partial charge on any atom is 0.251 e. The first kappa shape index (κ1) is 20.1. The fourth-order valence-corrected chi connectivity index (χ4v) is 3.77. The topological polar surface area (TPSA) is 129 Å². The molecule has 27 heavy (non-hydrogen) atoms. The van der Waals surface area contributed by atoms with Crippen molar-refractivity contribution in [1.82, 2.24) is 15.6 Å². The number of hydrogen-bond acceptors (Lipinski definition) is 6. The van der Waals surface area contributed by atoms with Crippen LogP contribution in [0.5, 0.6) is 0 Å². The van der Waals surface area contributed by atoms with Gasteiger partial charge in [-0.15, -0.1) is 0 Å². The van der Waals surface area contributed by atoms with E-state index in [1.165, 1.54) is 6.20 Å². The largest absolute Gasteiger partial charge is 0.341 e. The van der Waals surface area contributed by atoms with Gasteiger partial charge in [0, 0.05) is 11.8 Å². The van der Waals surface area contributed by atoms with E-state index >= 15 is 0 Å². The molecule has 0 spiro atoms. The molecular weight excluding hydrogens is 368 g/mol. The standard InChI is InChI=1S/C18H18N4O4S/c19-9-11-21-18(24)16(22-17(23)14-6-2-1-3-7-14)13-27(25,26)12-15-8-4-5-10-20-15/h1-8,10,16H,11-13H2,(H,21,24)(H,22,23). The summed E-state index contributed by atoms with van der Waals surface area (Å²) in [6, 6.07) is 13.4. The molecule has 2 rings (SSSR count). The maximum atomic E-state index is 12.5. The van der Waals surface area contributed by atoms with Gasteiger partial charge in [-0.1, -0.05) is 24.3 Å². The van der Waals surface area contributed by atoms with E-state index in [0.29, 0.717) is 5.69 Å². The highest BCUT2D eigenvalue weighted by Gasteiger charge is 2.28. The average molecular weight is 386 g/mol. The van der Waals surface area contributed by atoms with Crippen molar-refractivity contribution < 1.29 is 18.0 Å². The molecule has 0 bridgehead atoms. The lowest BCUT2D eigenvalue weighted by molar-refractivity contribution is -0.122. The highest BCUT2D eigenvalue weighted by Crippen LogP contribution is 2.07. The molecule has 0 saturated heterocycles. The minimum atomic E-state index is -3.75. The van der Waals surface area contributed by atoms with Crippen molar-refractivity contribution in [1.29, 1.82) is 5.26 Å². The van der Waals surface area contributed by atoms with E-state index in [-0.39, 0.29) is 17.9 Å². The minimum Gasteiger partial charge on any atom is -0.341 e. The van der Waals surface area contributed by atoms with E-state index in [9.17, 15) is 18.0 Å². The molecule has 0 aliphatic heterocycles. The van der Waals surface area contributed by atoms with E-state index in [1.807, 2.05) is 0 Å². The van der Waals surface area contributed by atoms with Crippen LogP contribution in [0.4, 0.5) is 0 Å². The highest BCUT2D eigenvalue weighted by molar-refractivity contribution is 7.90. The lowest BCUT2D eigenvalue weighted by atomic mass is 10.2. The molecule has 9 heteroatoms. The Kier molecular flexibility index (Phi) is 7.02. The zero-order valence-corrected chi connectivity index (χ0v) is 15.1. The molecule has 8 nitrogen and oxygen atoms in total. The number of carbonyl (C=O) groups is 2. The zero-order valence-electron chi connectivity index (χ0n) is 14.3. The quantitative estimate of drug-likeness (QED) is 0.633. The Morgan fingerprint density at radius 2 is 1.81 bits per heavy atom. The molecule has 0 fully saturated rings. The molecule has 1 unspecified atom stereocenters. The number of aromatic nitrogens is 1. The number of amides is 2. The Balaban J connectivity index is 2.15. The smallest absolute Gasteiger partial charge is 0.251 e. The number of sulfone groups is 1. The van der Waals surface area contributed by atoms with Gasteiger partial charge < -0.3 is 10.6 Å². The van der Waals surface area contributed by atoms with E-state index in [2.05, 4.69) is 15.6 Å². The van der Waals surface area contributed by atoms with Crippen LogP contribution in [0.2, 0.25) is 0 Å². The second kappa shape index (κ2) is 9.45. The summed E-state index contributed by atoms with van der Waals surface area (Å²) in [5.74, 6) is -2.30. The monoisotopic (exact) mass is 386 g/mol. The van der Waals surface area contributed by atoms with Gasteiger partial charge in [0.2, 0.25) is 5.91 Å². The van der Waals surface area contributed by atoms with E-state index < -0.39 is 33.4 Å². The molecule has 140 valence electrons. The number of nitrogens with one attached hydrogen (secondary N) is 2. The van der Waals surface area contributed by atoms with E-state index in [4.69, 9.17) is 5.26 Å². The average Bonchev–Trinajstić information content (AvgIpc) is 2.66. The molecule has 1 atom stereocenters. The van der Waals surface area contributed by atoms with Crippen molar-refractivity contribution in [2.45, 2.75) is 11.8 Å². The molecule has 0 radical (unpaired) electrons. The fraction of sp³-hybridized carbons (Fsp3) is 0.222. The lowest BCUT2D eigenvalue weighted by Gasteiger charge is -2.18. The molecule has 0 aliphatic carbocycles. The predicted octanol–water partition coefficient (Wildman–Crippen LogP) is 0.435. The number of nitriles is 1. The van der Waals surface area contributed by atoms with Crippen LogP contribution in [-0.4, -0.2) is 43.6 Å². The summed E-state index contributed by atoms with van der Waals surface area (Å²) in [6.45, 7) is -0.295. The van der Waals surface area contributed by atoms with Crippen LogP contribution in [-0.2, 0) is 20.4 Å². The van der Waals surface area contributed by atoms with Crippen molar-refractivity contribution in [2.75, 3.05) is 12.3 Å². The summed E-state index contributed by atoms with van der Waals surface area (Å²) >= 11 is 0.